The molecule has 2 rings (SSSR count). The maximum absolute atomic E-state index is 5.58. The Balaban J connectivity index is 1.96. The minimum Gasteiger partial charge on any atom is -0.493 e. The number of aromatic nitrogens is 1. The summed E-state index contributed by atoms with van der Waals surface area (Å²) >= 11 is 5.31. The maximum atomic E-state index is 5.58. The summed E-state index contributed by atoms with van der Waals surface area (Å²) in [4.78, 5) is 4.26. The largest absolute Gasteiger partial charge is 0.493 e. The summed E-state index contributed by atoms with van der Waals surface area (Å²) < 4.78 is 10.9. The van der Waals surface area contributed by atoms with E-state index in [1.807, 2.05) is 44.2 Å². The SMILES string of the molecule is CCOc1cc(CNC(=S)Nc2ncccc2C)ccc1OC. The number of benzene rings is 1. The zero-order valence-electron chi connectivity index (χ0n) is 13.6. The van der Waals surface area contributed by atoms with Gasteiger partial charge in [-0.2, -0.15) is 0 Å². The van der Waals surface area contributed by atoms with Crippen molar-refractivity contribution in [3.63, 3.8) is 0 Å². The van der Waals surface area contributed by atoms with Crippen LogP contribution in [0.5, 0.6) is 11.5 Å². The number of ether oxygens (including phenoxy) is 2. The molecule has 122 valence electrons. The first-order chi connectivity index (χ1) is 11.1. The second-order valence-electron chi connectivity index (χ2n) is 4.89. The van der Waals surface area contributed by atoms with Gasteiger partial charge < -0.3 is 20.1 Å². The van der Waals surface area contributed by atoms with Gasteiger partial charge in [-0.05, 0) is 55.4 Å². The molecular weight excluding hydrogens is 310 g/mol. The summed E-state index contributed by atoms with van der Waals surface area (Å²) in [5, 5.41) is 6.79. The Morgan fingerprint density at radius 1 is 1.26 bits per heavy atom. The Kier molecular flexibility index (Phi) is 6.17. The number of thiocarbonyl (C=S) groups is 1. The molecule has 0 saturated carbocycles. The molecule has 1 heterocycles. The van der Waals surface area contributed by atoms with Gasteiger partial charge in [0.15, 0.2) is 16.6 Å². The van der Waals surface area contributed by atoms with Crippen LogP contribution in [0.3, 0.4) is 0 Å². The van der Waals surface area contributed by atoms with Crippen molar-refractivity contribution in [1.82, 2.24) is 10.3 Å². The van der Waals surface area contributed by atoms with Crippen molar-refractivity contribution in [2.24, 2.45) is 0 Å². The lowest BCUT2D eigenvalue weighted by Crippen LogP contribution is -2.28. The highest BCUT2D eigenvalue weighted by atomic mass is 32.1. The lowest BCUT2D eigenvalue weighted by atomic mass is 10.2. The van der Waals surface area contributed by atoms with Crippen LogP contribution in [0, 0.1) is 6.92 Å². The highest BCUT2D eigenvalue weighted by molar-refractivity contribution is 7.80. The van der Waals surface area contributed by atoms with E-state index in [1.165, 1.54) is 0 Å². The average molecular weight is 331 g/mol. The van der Waals surface area contributed by atoms with Crippen molar-refractivity contribution in [1.29, 1.82) is 0 Å². The van der Waals surface area contributed by atoms with E-state index in [4.69, 9.17) is 21.7 Å². The summed E-state index contributed by atoms with van der Waals surface area (Å²) in [5.41, 5.74) is 2.09. The Morgan fingerprint density at radius 3 is 2.78 bits per heavy atom. The minimum absolute atomic E-state index is 0.528. The third kappa shape index (κ3) is 4.82. The van der Waals surface area contributed by atoms with Gasteiger partial charge in [-0.1, -0.05) is 12.1 Å². The normalized spacial score (nSPS) is 10.0. The number of nitrogens with zero attached hydrogens (tertiary/aromatic N) is 1. The second kappa shape index (κ2) is 8.33. The molecule has 2 N–H and O–H groups in total. The molecule has 2 aromatic rings. The van der Waals surface area contributed by atoms with Crippen LogP contribution in [-0.4, -0.2) is 23.8 Å². The first-order valence-corrected chi connectivity index (χ1v) is 7.81. The van der Waals surface area contributed by atoms with Gasteiger partial charge in [-0.25, -0.2) is 4.98 Å². The fraction of sp³-hybridized carbons (Fsp3) is 0.294. The topological polar surface area (TPSA) is 55.4 Å². The molecule has 1 aromatic heterocycles. The van der Waals surface area contributed by atoms with Crippen molar-refractivity contribution in [3.8, 4) is 11.5 Å². The minimum atomic E-state index is 0.528. The summed E-state index contributed by atoms with van der Waals surface area (Å²) in [6.07, 6.45) is 1.73. The zero-order valence-corrected chi connectivity index (χ0v) is 14.4. The van der Waals surface area contributed by atoms with E-state index >= 15 is 0 Å². The smallest absolute Gasteiger partial charge is 0.172 e. The number of pyridine rings is 1. The van der Waals surface area contributed by atoms with E-state index in [-0.39, 0.29) is 0 Å². The molecule has 0 spiro atoms. The van der Waals surface area contributed by atoms with Gasteiger partial charge >= 0.3 is 0 Å². The molecule has 23 heavy (non-hydrogen) atoms. The average Bonchev–Trinajstić information content (AvgIpc) is 2.55. The molecule has 0 atom stereocenters. The van der Waals surface area contributed by atoms with Crippen LogP contribution in [0.2, 0.25) is 0 Å². The standard InChI is InChI=1S/C17H21N3O2S/c1-4-22-15-10-13(7-8-14(15)21-3)11-19-17(23)20-16-12(2)6-5-9-18-16/h5-10H,4,11H2,1-3H3,(H2,18,19,20,23). The van der Waals surface area contributed by atoms with E-state index in [0.29, 0.717) is 18.3 Å². The van der Waals surface area contributed by atoms with Crippen molar-refractivity contribution in [2.45, 2.75) is 20.4 Å². The Bertz CT molecular complexity index is 677. The van der Waals surface area contributed by atoms with E-state index < -0.39 is 0 Å². The number of methoxy groups -OCH3 is 1. The second-order valence-corrected chi connectivity index (χ2v) is 5.30. The van der Waals surface area contributed by atoms with E-state index in [0.717, 1.165) is 28.4 Å². The Hall–Kier alpha value is -2.34. The van der Waals surface area contributed by atoms with Gasteiger partial charge in [0.1, 0.15) is 5.82 Å². The molecule has 0 saturated heterocycles. The molecule has 0 bridgehead atoms. The van der Waals surface area contributed by atoms with Gasteiger partial charge in [-0.3, -0.25) is 0 Å². The lowest BCUT2D eigenvalue weighted by molar-refractivity contribution is 0.310. The molecule has 0 amide bonds. The number of aryl methyl sites for hydroxylation is 1. The van der Waals surface area contributed by atoms with Gasteiger partial charge in [0, 0.05) is 12.7 Å². The summed E-state index contributed by atoms with van der Waals surface area (Å²) in [7, 11) is 1.63. The predicted molar refractivity (Wildman–Crippen MR) is 96.2 cm³/mol. The van der Waals surface area contributed by atoms with Crippen molar-refractivity contribution >= 4 is 23.1 Å². The first kappa shape index (κ1) is 17.0. The predicted octanol–water partition coefficient (Wildman–Crippen LogP) is 3.28. The number of nitrogens with one attached hydrogen (secondary N) is 2. The Morgan fingerprint density at radius 2 is 2.09 bits per heavy atom. The molecule has 0 aliphatic heterocycles. The van der Waals surface area contributed by atoms with Gasteiger partial charge in [0.2, 0.25) is 0 Å². The summed E-state index contributed by atoms with van der Waals surface area (Å²) in [5.74, 6) is 2.21. The van der Waals surface area contributed by atoms with Gasteiger partial charge in [0.25, 0.3) is 0 Å². The maximum Gasteiger partial charge on any atom is 0.172 e. The molecule has 6 heteroatoms. The molecule has 0 aliphatic carbocycles. The molecule has 0 fully saturated rings. The quantitative estimate of drug-likeness (QED) is 0.792. The fourth-order valence-electron chi connectivity index (χ4n) is 2.05. The molecule has 0 unspecified atom stereocenters. The first-order valence-electron chi connectivity index (χ1n) is 7.40. The van der Waals surface area contributed by atoms with Crippen LogP contribution in [0.1, 0.15) is 18.1 Å². The molecular formula is C17H21N3O2S. The van der Waals surface area contributed by atoms with Crippen LogP contribution < -0.4 is 20.1 Å². The zero-order chi connectivity index (χ0) is 16.7. The van der Waals surface area contributed by atoms with Crippen molar-refractivity contribution in [3.05, 3.63) is 47.7 Å². The number of rotatable bonds is 6. The monoisotopic (exact) mass is 331 g/mol. The van der Waals surface area contributed by atoms with Crippen LogP contribution in [0.4, 0.5) is 5.82 Å². The van der Waals surface area contributed by atoms with Gasteiger partial charge in [-0.15, -0.1) is 0 Å². The van der Waals surface area contributed by atoms with Crippen molar-refractivity contribution < 1.29 is 9.47 Å². The summed E-state index contributed by atoms with van der Waals surface area (Å²) in [6, 6.07) is 9.69. The van der Waals surface area contributed by atoms with Crippen LogP contribution in [0.15, 0.2) is 36.5 Å². The summed E-state index contributed by atoms with van der Waals surface area (Å²) in [6.45, 7) is 5.10. The molecule has 5 nitrogen and oxygen atoms in total. The molecule has 1 aromatic carbocycles. The highest BCUT2D eigenvalue weighted by Gasteiger charge is 2.06. The van der Waals surface area contributed by atoms with E-state index in [1.54, 1.807) is 13.3 Å². The highest BCUT2D eigenvalue weighted by Crippen LogP contribution is 2.27. The molecule has 0 radical (unpaired) electrons. The van der Waals surface area contributed by atoms with E-state index in [9.17, 15) is 0 Å². The van der Waals surface area contributed by atoms with Crippen LogP contribution in [-0.2, 0) is 6.54 Å². The van der Waals surface area contributed by atoms with Crippen molar-refractivity contribution in [2.75, 3.05) is 19.0 Å². The lowest BCUT2D eigenvalue weighted by Gasteiger charge is -2.13. The third-order valence-electron chi connectivity index (χ3n) is 3.22. The fourth-order valence-corrected chi connectivity index (χ4v) is 2.22. The Labute approximate surface area is 142 Å². The van der Waals surface area contributed by atoms with Crippen LogP contribution in [0.25, 0.3) is 0 Å². The number of hydrogen-bond acceptors (Lipinski definition) is 4. The third-order valence-corrected chi connectivity index (χ3v) is 3.47. The van der Waals surface area contributed by atoms with Gasteiger partial charge in [0.05, 0.1) is 13.7 Å². The number of hydrogen-bond donors (Lipinski definition) is 2. The molecule has 0 aliphatic rings. The van der Waals surface area contributed by atoms with E-state index in [2.05, 4.69) is 15.6 Å². The number of anilines is 1. The van der Waals surface area contributed by atoms with Crippen LogP contribution >= 0.6 is 12.2 Å².